The topological polar surface area (TPSA) is 41.5 Å². The zero-order valence-corrected chi connectivity index (χ0v) is 12.5. The molecule has 1 fully saturated rings. The second-order valence-corrected chi connectivity index (χ2v) is 5.99. The lowest BCUT2D eigenvalue weighted by Crippen LogP contribution is -2.42. The van der Waals surface area contributed by atoms with Crippen molar-refractivity contribution in [1.29, 1.82) is 0 Å². The number of ether oxygens (including phenoxy) is 1. The Bertz CT molecular complexity index is 415. The molecule has 0 aliphatic carbocycles. The molecule has 1 saturated heterocycles. The highest BCUT2D eigenvalue weighted by Gasteiger charge is 2.32. The van der Waals surface area contributed by atoms with E-state index in [0.717, 1.165) is 16.5 Å². The van der Waals surface area contributed by atoms with E-state index in [9.17, 15) is 9.50 Å². The molecule has 19 heavy (non-hydrogen) atoms. The predicted molar refractivity (Wildman–Crippen MR) is 75.5 cm³/mol. The van der Waals surface area contributed by atoms with Crippen molar-refractivity contribution in [3.63, 3.8) is 0 Å². The second-order valence-electron chi connectivity index (χ2n) is 5.07. The predicted octanol–water partition coefficient (Wildman–Crippen LogP) is 2.78. The number of hydrogen-bond acceptors (Lipinski definition) is 3. The lowest BCUT2D eigenvalue weighted by atomic mass is 10.0. The molecule has 2 rings (SSSR count). The average molecular weight is 332 g/mol. The zero-order valence-electron chi connectivity index (χ0n) is 11.0. The lowest BCUT2D eigenvalue weighted by molar-refractivity contribution is 0.0246. The molecule has 1 aliphatic heterocycles. The molecule has 2 atom stereocenters. The minimum Gasteiger partial charge on any atom is -0.386 e. The van der Waals surface area contributed by atoms with Gasteiger partial charge < -0.3 is 15.2 Å². The number of hydrogen-bond donors (Lipinski definition) is 2. The fourth-order valence-electron chi connectivity index (χ4n) is 2.32. The van der Waals surface area contributed by atoms with E-state index in [0.29, 0.717) is 26.2 Å². The van der Waals surface area contributed by atoms with Crippen molar-refractivity contribution in [3.05, 3.63) is 34.1 Å². The fraction of sp³-hybridized carbons (Fsp3) is 0.571. The van der Waals surface area contributed by atoms with E-state index < -0.39 is 5.60 Å². The van der Waals surface area contributed by atoms with Crippen LogP contribution in [0, 0.1) is 5.82 Å². The number of halogens is 2. The molecule has 0 aromatic heterocycles. The van der Waals surface area contributed by atoms with Crippen LogP contribution < -0.4 is 5.32 Å². The highest BCUT2D eigenvalue weighted by molar-refractivity contribution is 9.10. The van der Waals surface area contributed by atoms with Gasteiger partial charge in [-0.2, -0.15) is 0 Å². The first kappa shape index (κ1) is 14.9. The number of rotatable bonds is 5. The quantitative estimate of drug-likeness (QED) is 0.871. The van der Waals surface area contributed by atoms with Crippen LogP contribution in [-0.2, 0) is 4.74 Å². The molecule has 1 aromatic carbocycles. The van der Waals surface area contributed by atoms with E-state index in [1.807, 2.05) is 13.0 Å². The molecule has 1 heterocycles. The molecule has 0 spiro atoms. The summed E-state index contributed by atoms with van der Waals surface area (Å²) in [5.41, 5.74) is 0.0923. The first-order valence-electron chi connectivity index (χ1n) is 6.52. The van der Waals surface area contributed by atoms with Crippen LogP contribution >= 0.6 is 15.9 Å². The summed E-state index contributed by atoms with van der Waals surface area (Å²) in [5, 5.41) is 13.5. The summed E-state index contributed by atoms with van der Waals surface area (Å²) >= 11 is 3.30. The van der Waals surface area contributed by atoms with Gasteiger partial charge in [0.05, 0.1) is 6.61 Å². The maximum absolute atomic E-state index is 13.4. The van der Waals surface area contributed by atoms with E-state index >= 15 is 0 Å². The molecule has 5 heteroatoms. The molecule has 0 unspecified atom stereocenters. The highest BCUT2D eigenvalue weighted by Crippen LogP contribution is 2.24. The van der Waals surface area contributed by atoms with Crippen molar-refractivity contribution in [1.82, 2.24) is 5.32 Å². The number of aliphatic hydroxyl groups is 1. The standard InChI is InChI=1S/C14H19BrFNO2/c1-2-13(10-5-11(15)7-12(16)6-10)17-8-14(18)3-4-19-9-14/h5-7,13,17-18H,2-4,8-9H2,1H3/t13-,14+/m1/s1. The van der Waals surface area contributed by atoms with Gasteiger partial charge in [-0.05, 0) is 30.2 Å². The Hall–Kier alpha value is -0.490. The van der Waals surface area contributed by atoms with Crippen LogP contribution in [0.25, 0.3) is 0 Å². The highest BCUT2D eigenvalue weighted by atomic mass is 79.9. The molecule has 1 aromatic rings. The summed E-state index contributed by atoms with van der Waals surface area (Å²) in [6, 6.07) is 4.89. The molecular formula is C14H19BrFNO2. The van der Waals surface area contributed by atoms with Gasteiger partial charge in [0.1, 0.15) is 11.4 Å². The Morgan fingerprint density at radius 1 is 1.53 bits per heavy atom. The average Bonchev–Trinajstić information content (AvgIpc) is 2.76. The Balaban J connectivity index is 2.03. The molecule has 0 bridgehead atoms. The third-order valence-corrected chi connectivity index (χ3v) is 3.91. The summed E-state index contributed by atoms with van der Waals surface area (Å²) in [6.45, 7) is 3.45. The van der Waals surface area contributed by atoms with Gasteiger partial charge in [-0.3, -0.25) is 0 Å². The molecule has 0 saturated carbocycles. The van der Waals surface area contributed by atoms with Crippen LogP contribution in [0.5, 0.6) is 0 Å². The normalized spacial score (nSPS) is 24.6. The van der Waals surface area contributed by atoms with Gasteiger partial charge in [-0.1, -0.05) is 22.9 Å². The Morgan fingerprint density at radius 2 is 2.32 bits per heavy atom. The van der Waals surface area contributed by atoms with Crippen LogP contribution in [0.2, 0.25) is 0 Å². The molecule has 0 amide bonds. The third-order valence-electron chi connectivity index (χ3n) is 3.46. The van der Waals surface area contributed by atoms with Gasteiger partial charge in [0.25, 0.3) is 0 Å². The summed E-state index contributed by atoms with van der Waals surface area (Å²) in [6.07, 6.45) is 1.47. The number of nitrogens with one attached hydrogen (secondary N) is 1. The molecule has 106 valence electrons. The van der Waals surface area contributed by atoms with Gasteiger partial charge in [0, 0.05) is 30.1 Å². The van der Waals surface area contributed by atoms with Crippen LogP contribution in [0.1, 0.15) is 31.4 Å². The van der Waals surface area contributed by atoms with E-state index in [1.165, 1.54) is 12.1 Å². The molecule has 0 radical (unpaired) electrons. The molecule has 3 nitrogen and oxygen atoms in total. The fourth-order valence-corrected chi connectivity index (χ4v) is 2.81. The van der Waals surface area contributed by atoms with Crippen molar-refractivity contribution in [2.45, 2.75) is 31.4 Å². The van der Waals surface area contributed by atoms with Gasteiger partial charge in [-0.25, -0.2) is 4.39 Å². The van der Waals surface area contributed by atoms with Crippen molar-refractivity contribution >= 4 is 15.9 Å². The van der Waals surface area contributed by atoms with Crippen LogP contribution in [-0.4, -0.2) is 30.5 Å². The van der Waals surface area contributed by atoms with Crippen LogP contribution in [0.4, 0.5) is 4.39 Å². The first-order chi connectivity index (χ1) is 9.02. The monoisotopic (exact) mass is 331 g/mol. The summed E-state index contributed by atoms with van der Waals surface area (Å²) < 4.78 is 19.4. The largest absolute Gasteiger partial charge is 0.386 e. The van der Waals surface area contributed by atoms with Gasteiger partial charge >= 0.3 is 0 Å². The van der Waals surface area contributed by atoms with Crippen molar-refractivity contribution < 1.29 is 14.2 Å². The second kappa shape index (κ2) is 6.31. The van der Waals surface area contributed by atoms with Crippen LogP contribution in [0.15, 0.2) is 22.7 Å². The number of benzene rings is 1. The third kappa shape index (κ3) is 3.99. The lowest BCUT2D eigenvalue weighted by Gasteiger charge is -2.25. The van der Waals surface area contributed by atoms with E-state index in [4.69, 9.17) is 4.74 Å². The van der Waals surface area contributed by atoms with Crippen molar-refractivity contribution in [2.24, 2.45) is 0 Å². The van der Waals surface area contributed by atoms with E-state index in [2.05, 4.69) is 21.2 Å². The summed E-state index contributed by atoms with van der Waals surface area (Å²) in [7, 11) is 0. The SMILES string of the molecule is CC[C@@H](NC[C@@]1(O)CCOC1)c1cc(F)cc(Br)c1. The first-order valence-corrected chi connectivity index (χ1v) is 7.31. The Morgan fingerprint density at radius 3 is 2.89 bits per heavy atom. The summed E-state index contributed by atoms with van der Waals surface area (Å²) in [5.74, 6) is -0.257. The minimum atomic E-state index is -0.794. The maximum Gasteiger partial charge on any atom is 0.124 e. The molecule has 1 aliphatic rings. The Labute approximate surface area is 121 Å². The van der Waals surface area contributed by atoms with Gasteiger partial charge in [0.15, 0.2) is 0 Å². The Kier molecular flexibility index (Phi) is 4.95. The van der Waals surface area contributed by atoms with Gasteiger partial charge in [0.2, 0.25) is 0 Å². The van der Waals surface area contributed by atoms with Gasteiger partial charge in [-0.15, -0.1) is 0 Å². The smallest absolute Gasteiger partial charge is 0.124 e. The molecule has 2 N–H and O–H groups in total. The van der Waals surface area contributed by atoms with Crippen molar-refractivity contribution in [2.75, 3.05) is 19.8 Å². The van der Waals surface area contributed by atoms with E-state index in [1.54, 1.807) is 0 Å². The van der Waals surface area contributed by atoms with Crippen LogP contribution in [0.3, 0.4) is 0 Å². The molecular weight excluding hydrogens is 313 g/mol. The zero-order chi connectivity index (χ0) is 13.9. The van der Waals surface area contributed by atoms with Crippen molar-refractivity contribution in [3.8, 4) is 0 Å². The minimum absolute atomic E-state index is 0.0247. The summed E-state index contributed by atoms with van der Waals surface area (Å²) in [4.78, 5) is 0. The van der Waals surface area contributed by atoms with E-state index in [-0.39, 0.29) is 11.9 Å². The maximum atomic E-state index is 13.4.